The third-order valence-corrected chi connectivity index (χ3v) is 4.21. The van der Waals surface area contributed by atoms with Crippen molar-refractivity contribution < 1.29 is 13.9 Å². The monoisotopic (exact) mass is 326 g/mol. The molecule has 3 rings (SSSR count). The summed E-state index contributed by atoms with van der Waals surface area (Å²) in [6.45, 7) is 0. The van der Waals surface area contributed by atoms with Crippen LogP contribution >= 0.6 is 27.3 Å². The number of rotatable bonds is 2. The van der Waals surface area contributed by atoms with Crippen molar-refractivity contribution in [2.24, 2.45) is 0 Å². The fraction of sp³-hybridized carbons (Fsp3) is 0.0769. The van der Waals surface area contributed by atoms with Crippen LogP contribution in [-0.2, 0) is 0 Å². The number of aliphatic hydroxyl groups excluding tert-OH is 1. The Balaban J connectivity index is 2.06. The SMILES string of the molecule is OC(c1csc(Br)c1)c1cc2cccc(F)c2o1. The first-order chi connectivity index (χ1) is 8.65. The van der Waals surface area contributed by atoms with Gasteiger partial charge < -0.3 is 9.52 Å². The molecule has 1 aromatic carbocycles. The molecule has 0 spiro atoms. The minimum Gasteiger partial charge on any atom is -0.455 e. The third-order valence-electron chi connectivity index (χ3n) is 2.69. The van der Waals surface area contributed by atoms with Crippen molar-refractivity contribution in [3.8, 4) is 0 Å². The number of aliphatic hydroxyl groups is 1. The molecule has 2 nitrogen and oxygen atoms in total. The fourth-order valence-corrected chi connectivity index (χ4v) is 3.01. The summed E-state index contributed by atoms with van der Waals surface area (Å²) in [7, 11) is 0. The maximum Gasteiger partial charge on any atom is 0.170 e. The Kier molecular flexibility index (Phi) is 2.97. The molecule has 92 valence electrons. The molecule has 3 aromatic rings. The Morgan fingerprint density at radius 2 is 2.17 bits per heavy atom. The van der Waals surface area contributed by atoms with Crippen molar-refractivity contribution in [3.05, 3.63) is 56.6 Å². The van der Waals surface area contributed by atoms with Crippen LogP contribution in [0.5, 0.6) is 0 Å². The van der Waals surface area contributed by atoms with E-state index in [0.717, 1.165) is 9.35 Å². The summed E-state index contributed by atoms with van der Waals surface area (Å²) in [6.07, 6.45) is -0.876. The maximum absolute atomic E-state index is 13.5. The molecule has 0 saturated carbocycles. The molecule has 5 heteroatoms. The second-order valence-corrected chi connectivity index (χ2v) is 6.18. The lowest BCUT2D eigenvalue weighted by Gasteiger charge is -2.03. The van der Waals surface area contributed by atoms with Gasteiger partial charge in [-0.15, -0.1) is 11.3 Å². The summed E-state index contributed by atoms with van der Waals surface area (Å²) in [5.74, 6) is -0.0714. The van der Waals surface area contributed by atoms with Crippen LogP contribution < -0.4 is 0 Å². The summed E-state index contributed by atoms with van der Waals surface area (Å²) >= 11 is 4.81. The Morgan fingerprint density at radius 1 is 1.33 bits per heavy atom. The number of halogens is 2. The van der Waals surface area contributed by atoms with Crippen molar-refractivity contribution in [1.82, 2.24) is 0 Å². The second-order valence-electron chi connectivity index (χ2n) is 3.89. The molecular formula is C13H8BrFO2S. The lowest BCUT2D eigenvalue weighted by Crippen LogP contribution is -1.95. The van der Waals surface area contributed by atoms with E-state index in [9.17, 15) is 9.50 Å². The Bertz CT molecular complexity index is 704. The minimum atomic E-state index is -0.876. The van der Waals surface area contributed by atoms with E-state index in [0.29, 0.717) is 11.1 Å². The van der Waals surface area contributed by atoms with Gasteiger partial charge in [-0.2, -0.15) is 0 Å². The van der Waals surface area contributed by atoms with Crippen LogP contribution in [0.4, 0.5) is 4.39 Å². The molecule has 0 bridgehead atoms. The lowest BCUT2D eigenvalue weighted by atomic mass is 10.1. The van der Waals surface area contributed by atoms with Gasteiger partial charge in [0, 0.05) is 5.39 Å². The van der Waals surface area contributed by atoms with Gasteiger partial charge in [0.05, 0.1) is 3.79 Å². The molecule has 2 aromatic heterocycles. The highest BCUT2D eigenvalue weighted by Gasteiger charge is 2.18. The first kappa shape index (κ1) is 11.9. The highest BCUT2D eigenvalue weighted by atomic mass is 79.9. The highest BCUT2D eigenvalue weighted by molar-refractivity contribution is 9.11. The number of para-hydroxylation sites is 1. The first-order valence-electron chi connectivity index (χ1n) is 5.25. The number of fused-ring (bicyclic) bond motifs is 1. The third kappa shape index (κ3) is 1.98. The van der Waals surface area contributed by atoms with Gasteiger partial charge in [-0.3, -0.25) is 0 Å². The zero-order valence-electron chi connectivity index (χ0n) is 9.06. The number of furan rings is 1. The van der Waals surface area contributed by atoms with Crippen LogP contribution in [0.25, 0.3) is 11.0 Å². The Hall–Kier alpha value is -1.17. The summed E-state index contributed by atoms with van der Waals surface area (Å²) < 4.78 is 19.8. The van der Waals surface area contributed by atoms with E-state index in [-0.39, 0.29) is 5.58 Å². The number of benzene rings is 1. The van der Waals surface area contributed by atoms with Gasteiger partial charge in [0.1, 0.15) is 11.9 Å². The topological polar surface area (TPSA) is 33.4 Å². The predicted octanol–water partition coefficient (Wildman–Crippen LogP) is 4.48. The standard InChI is InChI=1S/C13H8BrFO2S/c14-11-5-8(6-18-11)12(16)10-4-7-2-1-3-9(15)13(7)17-10/h1-6,12,16H. The second kappa shape index (κ2) is 4.50. The molecule has 1 unspecified atom stereocenters. The van der Waals surface area contributed by atoms with E-state index in [1.165, 1.54) is 17.4 Å². The van der Waals surface area contributed by atoms with Gasteiger partial charge >= 0.3 is 0 Å². The first-order valence-corrected chi connectivity index (χ1v) is 6.92. The minimum absolute atomic E-state index is 0.181. The van der Waals surface area contributed by atoms with Crippen molar-refractivity contribution in [3.63, 3.8) is 0 Å². The Morgan fingerprint density at radius 3 is 2.83 bits per heavy atom. The van der Waals surface area contributed by atoms with Crippen LogP contribution in [0, 0.1) is 5.82 Å². The van der Waals surface area contributed by atoms with E-state index in [4.69, 9.17) is 4.42 Å². The van der Waals surface area contributed by atoms with Gasteiger partial charge in [-0.1, -0.05) is 12.1 Å². The summed E-state index contributed by atoms with van der Waals surface area (Å²) in [5.41, 5.74) is 0.909. The zero-order chi connectivity index (χ0) is 12.7. The normalized spacial score (nSPS) is 13.1. The van der Waals surface area contributed by atoms with E-state index < -0.39 is 11.9 Å². The molecular weight excluding hydrogens is 319 g/mol. The average molecular weight is 327 g/mol. The van der Waals surface area contributed by atoms with Crippen LogP contribution in [-0.4, -0.2) is 5.11 Å². The molecule has 1 atom stereocenters. The molecule has 1 N–H and O–H groups in total. The highest BCUT2D eigenvalue weighted by Crippen LogP contribution is 2.32. The number of hydrogen-bond acceptors (Lipinski definition) is 3. The molecule has 2 heterocycles. The van der Waals surface area contributed by atoms with Gasteiger partial charge in [0.15, 0.2) is 11.4 Å². The van der Waals surface area contributed by atoms with Gasteiger partial charge in [0.2, 0.25) is 0 Å². The number of thiophene rings is 1. The molecule has 0 aliphatic heterocycles. The molecule has 0 amide bonds. The number of hydrogen-bond donors (Lipinski definition) is 1. The zero-order valence-corrected chi connectivity index (χ0v) is 11.5. The van der Waals surface area contributed by atoms with Crippen LogP contribution in [0.3, 0.4) is 0 Å². The van der Waals surface area contributed by atoms with Crippen LogP contribution in [0.1, 0.15) is 17.4 Å². The molecule has 18 heavy (non-hydrogen) atoms. The van der Waals surface area contributed by atoms with E-state index in [2.05, 4.69) is 15.9 Å². The average Bonchev–Trinajstić information content (AvgIpc) is 2.95. The predicted molar refractivity (Wildman–Crippen MR) is 72.3 cm³/mol. The van der Waals surface area contributed by atoms with Gasteiger partial charge in [0.25, 0.3) is 0 Å². The van der Waals surface area contributed by atoms with E-state index in [1.54, 1.807) is 18.2 Å². The maximum atomic E-state index is 13.5. The largest absolute Gasteiger partial charge is 0.455 e. The molecule has 0 aliphatic carbocycles. The van der Waals surface area contributed by atoms with Crippen molar-refractivity contribution in [1.29, 1.82) is 0 Å². The Labute approximate surface area is 115 Å². The molecule has 0 saturated heterocycles. The van der Waals surface area contributed by atoms with Crippen molar-refractivity contribution in [2.45, 2.75) is 6.10 Å². The van der Waals surface area contributed by atoms with Crippen LogP contribution in [0.2, 0.25) is 0 Å². The summed E-state index contributed by atoms with van der Waals surface area (Å²) in [5, 5.41) is 12.6. The molecule has 0 fully saturated rings. The fourth-order valence-electron chi connectivity index (χ4n) is 1.81. The van der Waals surface area contributed by atoms with Gasteiger partial charge in [-0.25, -0.2) is 4.39 Å². The molecule has 0 aliphatic rings. The van der Waals surface area contributed by atoms with Crippen molar-refractivity contribution >= 4 is 38.2 Å². The van der Waals surface area contributed by atoms with Crippen LogP contribution in [0.15, 0.2) is 43.9 Å². The van der Waals surface area contributed by atoms with Gasteiger partial charge in [-0.05, 0) is 45.1 Å². The summed E-state index contributed by atoms with van der Waals surface area (Å²) in [4.78, 5) is 0. The lowest BCUT2D eigenvalue weighted by molar-refractivity contribution is 0.192. The molecule has 0 radical (unpaired) electrons. The summed E-state index contributed by atoms with van der Waals surface area (Å²) in [6, 6.07) is 8.18. The smallest absolute Gasteiger partial charge is 0.170 e. The van der Waals surface area contributed by atoms with E-state index in [1.807, 2.05) is 11.4 Å². The van der Waals surface area contributed by atoms with Crippen molar-refractivity contribution in [2.75, 3.05) is 0 Å². The van der Waals surface area contributed by atoms with E-state index >= 15 is 0 Å². The quantitative estimate of drug-likeness (QED) is 0.753.